The number of likely N-dealkylation sites (tertiary alicyclic amines) is 2. The third kappa shape index (κ3) is 3.85. The Morgan fingerprint density at radius 2 is 1.85 bits per heavy atom. The lowest BCUT2D eigenvalue weighted by atomic mass is 10.0. The number of hydrogen-bond acceptors (Lipinski definition) is 4. The lowest BCUT2D eigenvalue weighted by molar-refractivity contribution is 0.0787. The van der Waals surface area contributed by atoms with E-state index in [0.29, 0.717) is 12.2 Å². The average molecular weight is 375 g/mol. The van der Waals surface area contributed by atoms with Crippen LogP contribution in [0.1, 0.15) is 47.8 Å². The zero-order chi connectivity index (χ0) is 18.8. The molecule has 3 heterocycles. The van der Waals surface area contributed by atoms with E-state index in [1.807, 2.05) is 9.80 Å². The Morgan fingerprint density at radius 1 is 1.11 bits per heavy atom. The number of carbonyl (C=O) groups is 1. The number of halogens is 2. The predicted octanol–water partition coefficient (Wildman–Crippen LogP) is 2.63. The van der Waals surface area contributed by atoms with E-state index in [0.717, 1.165) is 45.3 Å². The van der Waals surface area contributed by atoms with Crippen LogP contribution in [0.15, 0.2) is 24.4 Å². The summed E-state index contributed by atoms with van der Waals surface area (Å²) in [6, 6.07) is 3.99. The quantitative estimate of drug-likeness (QED) is 0.824. The Hall–Kier alpha value is -2.35. The van der Waals surface area contributed by atoms with Crippen molar-refractivity contribution in [1.82, 2.24) is 24.8 Å². The summed E-state index contributed by atoms with van der Waals surface area (Å²) in [4.78, 5) is 16.3. The molecule has 2 aliphatic rings. The van der Waals surface area contributed by atoms with Gasteiger partial charge >= 0.3 is 0 Å². The Balaban J connectivity index is 1.43. The number of aromatic nitrogens is 3. The summed E-state index contributed by atoms with van der Waals surface area (Å²) in [6.07, 6.45) is 5.57. The Labute approximate surface area is 156 Å². The van der Waals surface area contributed by atoms with Gasteiger partial charge in [-0.25, -0.2) is 13.5 Å². The van der Waals surface area contributed by atoms with Gasteiger partial charge in [-0.15, -0.1) is 5.10 Å². The standard InChI is InChI=1S/C19H23F2N5O/c20-16-6-3-7-17(21)15(16)12-24-8-4-5-14(11-24)26-13-18(22-23-26)19(27)25-9-1-2-10-25/h3,6-7,13-14H,1-2,4-5,8-12H2/t14-/m0/s1. The summed E-state index contributed by atoms with van der Waals surface area (Å²) in [5, 5.41) is 8.21. The van der Waals surface area contributed by atoms with E-state index in [1.165, 1.54) is 18.2 Å². The molecule has 1 atom stereocenters. The molecule has 1 aromatic carbocycles. The second kappa shape index (κ2) is 7.72. The van der Waals surface area contributed by atoms with Gasteiger partial charge in [0.05, 0.1) is 12.2 Å². The Bertz CT molecular complexity index is 798. The van der Waals surface area contributed by atoms with Crippen LogP contribution < -0.4 is 0 Å². The molecule has 27 heavy (non-hydrogen) atoms. The summed E-state index contributed by atoms with van der Waals surface area (Å²) in [5.41, 5.74) is 0.468. The maximum atomic E-state index is 13.9. The van der Waals surface area contributed by atoms with E-state index >= 15 is 0 Å². The van der Waals surface area contributed by atoms with Crippen molar-refractivity contribution in [3.63, 3.8) is 0 Å². The Morgan fingerprint density at radius 3 is 2.59 bits per heavy atom. The minimum atomic E-state index is -0.517. The first-order chi connectivity index (χ1) is 13.1. The molecule has 144 valence electrons. The molecule has 2 saturated heterocycles. The highest BCUT2D eigenvalue weighted by Gasteiger charge is 2.26. The van der Waals surface area contributed by atoms with Crippen LogP contribution in [0, 0.1) is 11.6 Å². The first-order valence-corrected chi connectivity index (χ1v) is 9.48. The summed E-state index contributed by atoms with van der Waals surface area (Å²) in [5.74, 6) is -1.10. The molecular weight excluding hydrogens is 352 g/mol. The predicted molar refractivity (Wildman–Crippen MR) is 95.1 cm³/mol. The molecule has 4 rings (SSSR count). The topological polar surface area (TPSA) is 54.3 Å². The normalized spacial score (nSPS) is 21.0. The minimum Gasteiger partial charge on any atom is -0.337 e. The summed E-state index contributed by atoms with van der Waals surface area (Å²) in [7, 11) is 0. The number of piperidine rings is 1. The van der Waals surface area contributed by atoms with Crippen molar-refractivity contribution in [3.8, 4) is 0 Å². The van der Waals surface area contributed by atoms with E-state index in [1.54, 1.807) is 10.9 Å². The molecule has 0 saturated carbocycles. The fourth-order valence-electron chi connectivity index (χ4n) is 3.93. The van der Waals surface area contributed by atoms with Crippen LogP contribution in [-0.4, -0.2) is 56.9 Å². The van der Waals surface area contributed by atoms with Crippen LogP contribution in [0.3, 0.4) is 0 Å². The Kier molecular flexibility index (Phi) is 5.15. The van der Waals surface area contributed by atoms with Crippen LogP contribution in [-0.2, 0) is 6.54 Å². The molecule has 0 N–H and O–H groups in total. The smallest absolute Gasteiger partial charge is 0.276 e. The largest absolute Gasteiger partial charge is 0.337 e. The van der Waals surface area contributed by atoms with Crippen molar-refractivity contribution in [3.05, 3.63) is 47.3 Å². The van der Waals surface area contributed by atoms with E-state index in [9.17, 15) is 13.6 Å². The molecule has 1 amide bonds. The van der Waals surface area contributed by atoms with E-state index in [4.69, 9.17) is 0 Å². The van der Waals surface area contributed by atoms with Gasteiger partial charge in [-0.1, -0.05) is 11.3 Å². The monoisotopic (exact) mass is 375 g/mol. The van der Waals surface area contributed by atoms with Gasteiger partial charge < -0.3 is 4.90 Å². The highest BCUT2D eigenvalue weighted by atomic mass is 19.1. The molecule has 0 spiro atoms. The highest BCUT2D eigenvalue weighted by Crippen LogP contribution is 2.24. The number of hydrogen-bond donors (Lipinski definition) is 0. The maximum Gasteiger partial charge on any atom is 0.276 e. The zero-order valence-corrected chi connectivity index (χ0v) is 15.2. The number of carbonyl (C=O) groups excluding carboxylic acids is 1. The lowest BCUT2D eigenvalue weighted by Crippen LogP contribution is -2.36. The van der Waals surface area contributed by atoms with Crippen molar-refractivity contribution in [2.45, 2.75) is 38.3 Å². The number of nitrogens with zero attached hydrogens (tertiary/aromatic N) is 5. The van der Waals surface area contributed by atoms with Crippen LogP contribution in [0.5, 0.6) is 0 Å². The van der Waals surface area contributed by atoms with Gasteiger partial charge in [0.15, 0.2) is 5.69 Å². The van der Waals surface area contributed by atoms with Crippen LogP contribution >= 0.6 is 0 Å². The van der Waals surface area contributed by atoms with Gasteiger partial charge in [0, 0.05) is 31.7 Å². The first kappa shape index (κ1) is 18.0. The second-order valence-electron chi connectivity index (χ2n) is 7.31. The van der Waals surface area contributed by atoms with Gasteiger partial charge in [0.1, 0.15) is 11.6 Å². The van der Waals surface area contributed by atoms with Crippen molar-refractivity contribution < 1.29 is 13.6 Å². The third-order valence-corrected chi connectivity index (χ3v) is 5.42. The van der Waals surface area contributed by atoms with E-state index in [2.05, 4.69) is 10.3 Å². The zero-order valence-electron chi connectivity index (χ0n) is 15.2. The maximum absolute atomic E-state index is 13.9. The molecule has 2 aromatic rings. The van der Waals surface area contributed by atoms with Crippen molar-refractivity contribution >= 4 is 5.91 Å². The van der Waals surface area contributed by atoms with Crippen molar-refractivity contribution in [2.24, 2.45) is 0 Å². The molecule has 0 aliphatic carbocycles. The van der Waals surface area contributed by atoms with E-state index in [-0.39, 0.29) is 24.1 Å². The molecule has 8 heteroatoms. The molecule has 2 fully saturated rings. The molecule has 0 bridgehead atoms. The summed E-state index contributed by atoms with van der Waals surface area (Å²) >= 11 is 0. The molecule has 1 aromatic heterocycles. The summed E-state index contributed by atoms with van der Waals surface area (Å²) in [6.45, 7) is 3.17. The van der Waals surface area contributed by atoms with Gasteiger partial charge in [0.25, 0.3) is 5.91 Å². The van der Waals surface area contributed by atoms with Gasteiger partial charge in [-0.05, 0) is 44.4 Å². The van der Waals surface area contributed by atoms with Gasteiger partial charge in [-0.3, -0.25) is 9.69 Å². The van der Waals surface area contributed by atoms with Crippen molar-refractivity contribution in [2.75, 3.05) is 26.2 Å². The third-order valence-electron chi connectivity index (χ3n) is 5.42. The lowest BCUT2D eigenvalue weighted by Gasteiger charge is -2.32. The SMILES string of the molecule is O=C(c1cn([C@H]2CCCN(Cc3c(F)cccc3F)C2)nn1)N1CCCC1. The molecular formula is C19H23F2N5O. The fourth-order valence-corrected chi connectivity index (χ4v) is 3.93. The number of rotatable bonds is 4. The first-order valence-electron chi connectivity index (χ1n) is 9.48. The molecule has 2 aliphatic heterocycles. The van der Waals surface area contributed by atoms with Crippen LogP contribution in [0.2, 0.25) is 0 Å². The van der Waals surface area contributed by atoms with Gasteiger partial charge in [0.2, 0.25) is 0 Å². The van der Waals surface area contributed by atoms with E-state index < -0.39 is 11.6 Å². The molecule has 0 unspecified atom stereocenters. The van der Waals surface area contributed by atoms with Gasteiger partial charge in [-0.2, -0.15) is 0 Å². The average Bonchev–Trinajstić information content (AvgIpc) is 3.36. The number of benzene rings is 1. The highest BCUT2D eigenvalue weighted by molar-refractivity contribution is 5.92. The van der Waals surface area contributed by atoms with Crippen molar-refractivity contribution in [1.29, 1.82) is 0 Å². The fraction of sp³-hybridized carbons (Fsp3) is 0.526. The number of amides is 1. The van der Waals surface area contributed by atoms with Crippen LogP contribution in [0.4, 0.5) is 8.78 Å². The molecule has 0 radical (unpaired) electrons. The van der Waals surface area contributed by atoms with Crippen LogP contribution in [0.25, 0.3) is 0 Å². The summed E-state index contributed by atoms with van der Waals surface area (Å²) < 4.78 is 29.6. The minimum absolute atomic E-state index is 0.0428. The molecule has 6 nitrogen and oxygen atoms in total. The second-order valence-corrected chi connectivity index (χ2v) is 7.31.